The summed E-state index contributed by atoms with van der Waals surface area (Å²) in [7, 11) is 1.73. The van der Waals surface area contributed by atoms with Gasteiger partial charge in [-0.1, -0.05) is 12.1 Å². The Labute approximate surface area is 149 Å². The first kappa shape index (κ1) is 17.0. The molecule has 6 heteroatoms. The molecule has 0 saturated carbocycles. The van der Waals surface area contributed by atoms with Crippen LogP contribution in [0.4, 0.5) is 5.69 Å². The highest BCUT2D eigenvalue weighted by Gasteiger charge is 2.21. The molecule has 128 valence electrons. The van der Waals surface area contributed by atoms with Crippen LogP contribution in [0.1, 0.15) is 38.8 Å². The molecule has 5 nitrogen and oxygen atoms in total. The van der Waals surface area contributed by atoms with Crippen LogP contribution in [0.15, 0.2) is 64.6 Å². The van der Waals surface area contributed by atoms with Gasteiger partial charge in [0.05, 0.1) is 17.2 Å². The average Bonchev–Trinajstić information content (AvgIpc) is 3.33. The van der Waals surface area contributed by atoms with Gasteiger partial charge >= 0.3 is 0 Å². The maximum absolute atomic E-state index is 12.7. The predicted octanol–water partition coefficient (Wildman–Crippen LogP) is 4.43. The number of benzene rings is 1. The summed E-state index contributed by atoms with van der Waals surface area (Å²) < 4.78 is 5.37. The molecule has 1 atom stereocenters. The molecule has 0 radical (unpaired) electrons. The molecular formula is C19H18N2O3S. The van der Waals surface area contributed by atoms with Gasteiger partial charge in [0.15, 0.2) is 0 Å². The smallest absolute Gasteiger partial charge is 0.265 e. The molecule has 2 heterocycles. The van der Waals surface area contributed by atoms with Gasteiger partial charge in [-0.3, -0.25) is 9.59 Å². The lowest BCUT2D eigenvalue weighted by molar-refractivity contribution is 0.0726. The van der Waals surface area contributed by atoms with E-state index >= 15 is 0 Å². The molecular weight excluding hydrogens is 336 g/mol. The first-order valence-electron chi connectivity index (χ1n) is 7.81. The summed E-state index contributed by atoms with van der Waals surface area (Å²) in [6.45, 7) is 1.90. The van der Waals surface area contributed by atoms with Crippen molar-refractivity contribution in [2.45, 2.75) is 13.0 Å². The summed E-state index contributed by atoms with van der Waals surface area (Å²) in [6.07, 6.45) is 1.59. The van der Waals surface area contributed by atoms with Crippen LogP contribution < -0.4 is 5.32 Å². The zero-order valence-electron chi connectivity index (χ0n) is 13.9. The van der Waals surface area contributed by atoms with Crippen molar-refractivity contribution < 1.29 is 14.0 Å². The molecule has 1 N–H and O–H groups in total. The van der Waals surface area contributed by atoms with Crippen molar-refractivity contribution in [1.29, 1.82) is 0 Å². The molecule has 3 aromatic rings. The minimum Gasteiger partial charge on any atom is -0.467 e. The lowest BCUT2D eigenvalue weighted by Crippen LogP contribution is -2.29. The normalized spacial score (nSPS) is 11.8. The molecule has 0 bridgehead atoms. The van der Waals surface area contributed by atoms with E-state index in [0.717, 1.165) is 5.76 Å². The van der Waals surface area contributed by atoms with Crippen LogP contribution in [0.2, 0.25) is 0 Å². The van der Waals surface area contributed by atoms with Gasteiger partial charge in [0.25, 0.3) is 11.8 Å². The van der Waals surface area contributed by atoms with E-state index in [0.29, 0.717) is 16.1 Å². The van der Waals surface area contributed by atoms with E-state index in [1.807, 2.05) is 24.4 Å². The van der Waals surface area contributed by atoms with Crippen molar-refractivity contribution in [2.75, 3.05) is 12.4 Å². The van der Waals surface area contributed by atoms with Crippen LogP contribution >= 0.6 is 11.3 Å². The molecule has 0 fully saturated rings. The molecule has 0 saturated heterocycles. The topological polar surface area (TPSA) is 62.6 Å². The van der Waals surface area contributed by atoms with Gasteiger partial charge in [-0.15, -0.1) is 11.3 Å². The summed E-state index contributed by atoms with van der Waals surface area (Å²) in [5, 5.41) is 4.66. The number of amides is 2. The fourth-order valence-electron chi connectivity index (χ4n) is 2.43. The summed E-state index contributed by atoms with van der Waals surface area (Å²) in [6, 6.07) is 14.0. The molecule has 25 heavy (non-hydrogen) atoms. The number of anilines is 1. The molecule has 0 aliphatic heterocycles. The van der Waals surface area contributed by atoms with Gasteiger partial charge in [-0.25, -0.2) is 0 Å². The molecule has 3 rings (SSSR count). The number of thiophene rings is 1. The Balaban J connectivity index is 1.74. The van der Waals surface area contributed by atoms with Crippen molar-refractivity contribution in [3.63, 3.8) is 0 Å². The fourth-order valence-corrected chi connectivity index (χ4v) is 3.05. The van der Waals surface area contributed by atoms with E-state index in [-0.39, 0.29) is 17.9 Å². The summed E-state index contributed by atoms with van der Waals surface area (Å²) >= 11 is 1.37. The van der Waals surface area contributed by atoms with Gasteiger partial charge in [-0.05, 0) is 48.7 Å². The Morgan fingerprint density at radius 1 is 1.16 bits per heavy atom. The second kappa shape index (κ2) is 7.36. The molecule has 0 aliphatic carbocycles. The summed E-state index contributed by atoms with van der Waals surface area (Å²) in [4.78, 5) is 27.1. The first-order valence-corrected chi connectivity index (χ1v) is 8.69. The number of nitrogens with one attached hydrogen (secondary N) is 1. The maximum Gasteiger partial charge on any atom is 0.265 e. The Kier molecular flexibility index (Phi) is 5.00. The Morgan fingerprint density at radius 3 is 2.68 bits per heavy atom. The van der Waals surface area contributed by atoms with Crippen LogP contribution in [-0.4, -0.2) is 23.8 Å². The minimum absolute atomic E-state index is 0.142. The lowest BCUT2D eigenvalue weighted by atomic mass is 10.1. The lowest BCUT2D eigenvalue weighted by Gasteiger charge is -2.23. The van der Waals surface area contributed by atoms with Gasteiger partial charge in [0, 0.05) is 18.3 Å². The summed E-state index contributed by atoms with van der Waals surface area (Å²) in [5.41, 5.74) is 1.09. The van der Waals surface area contributed by atoms with Gasteiger partial charge in [-0.2, -0.15) is 0 Å². The van der Waals surface area contributed by atoms with Crippen molar-refractivity contribution in [3.8, 4) is 0 Å². The van der Waals surface area contributed by atoms with E-state index < -0.39 is 0 Å². The zero-order valence-corrected chi connectivity index (χ0v) is 14.7. The third kappa shape index (κ3) is 3.80. The molecule has 2 aromatic heterocycles. The van der Waals surface area contributed by atoms with Crippen LogP contribution in [-0.2, 0) is 0 Å². The molecule has 2 amide bonds. The van der Waals surface area contributed by atoms with Crippen LogP contribution in [0.3, 0.4) is 0 Å². The van der Waals surface area contributed by atoms with E-state index in [9.17, 15) is 9.59 Å². The van der Waals surface area contributed by atoms with Gasteiger partial charge in [0.2, 0.25) is 0 Å². The number of nitrogens with zero attached hydrogens (tertiary/aromatic N) is 1. The molecule has 1 unspecified atom stereocenters. The van der Waals surface area contributed by atoms with E-state index in [2.05, 4.69) is 5.32 Å². The monoisotopic (exact) mass is 354 g/mol. The summed E-state index contributed by atoms with van der Waals surface area (Å²) in [5.74, 6) is 0.394. The molecule has 0 spiro atoms. The third-order valence-electron chi connectivity index (χ3n) is 3.97. The van der Waals surface area contributed by atoms with E-state index in [1.165, 1.54) is 11.3 Å². The maximum atomic E-state index is 12.7. The number of carbonyl (C=O) groups excluding carboxylic acids is 2. The Morgan fingerprint density at radius 2 is 2.00 bits per heavy atom. The van der Waals surface area contributed by atoms with Crippen LogP contribution in [0.5, 0.6) is 0 Å². The molecule has 0 aliphatic rings. The first-order chi connectivity index (χ1) is 12.1. The highest BCUT2D eigenvalue weighted by atomic mass is 32.1. The van der Waals surface area contributed by atoms with Crippen LogP contribution in [0.25, 0.3) is 0 Å². The number of rotatable bonds is 5. The zero-order chi connectivity index (χ0) is 17.8. The second-order valence-electron chi connectivity index (χ2n) is 5.62. The quantitative estimate of drug-likeness (QED) is 0.737. The predicted molar refractivity (Wildman–Crippen MR) is 97.9 cm³/mol. The Bertz CT molecular complexity index is 857. The van der Waals surface area contributed by atoms with Gasteiger partial charge < -0.3 is 14.6 Å². The minimum atomic E-state index is -0.188. The largest absolute Gasteiger partial charge is 0.467 e. The third-order valence-corrected chi connectivity index (χ3v) is 4.84. The average molecular weight is 354 g/mol. The standard InChI is InChI=1S/C19H18N2O3S/c1-13(16-8-4-10-24-16)21(2)19(23)14-6-3-7-15(12-14)20-18(22)17-9-5-11-25-17/h3-13H,1-2H3,(H,20,22). The van der Waals surface area contributed by atoms with Crippen molar-refractivity contribution in [2.24, 2.45) is 0 Å². The van der Waals surface area contributed by atoms with Crippen molar-refractivity contribution in [1.82, 2.24) is 4.90 Å². The van der Waals surface area contributed by atoms with Crippen molar-refractivity contribution >= 4 is 28.8 Å². The SMILES string of the molecule is CC(c1ccco1)N(C)C(=O)c1cccc(NC(=O)c2cccs2)c1. The van der Waals surface area contributed by atoms with E-state index in [4.69, 9.17) is 4.42 Å². The highest BCUT2D eigenvalue weighted by Crippen LogP contribution is 2.22. The number of furan rings is 1. The number of hydrogen-bond acceptors (Lipinski definition) is 4. The number of carbonyl (C=O) groups is 2. The second-order valence-corrected chi connectivity index (χ2v) is 6.57. The molecule has 1 aromatic carbocycles. The van der Waals surface area contributed by atoms with E-state index in [1.54, 1.807) is 54.6 Å². The number of hydrogen-bond donors (Lipinski definition) is 1. The fraction of sp³-hybridized carbons (Fsp3) is 0.158. The van der Waals surface area contributed by atoms with Crippen LogP contribution in [0, 0.1) is 0 Å². The Hall–Kier alpha value is -2.86. The highest BCUT2D eigenvalue weighted by molar-refractivity contribution is 7.12. The van der Waals surface area contributed by atoms with Crippen molar-refractivity contribution in [3.05, 3.63) is 76.4 Å². The van der Waals surface area contributed by atoms with Gasteiger partial charge in [0.1, 0.15) is 5.76 Å².